The number of nitrogens with one attached hydrogen (secondary N) is 1. The van der Waals surface area contributed by atoms with Gasteiger partial charge in [-0.2, -0.15) is 0 Å². The molecule has 3 heterocycles. The minimum absolute atomic E-state index is 0.0324. The van der Waals surface area contributed by atoms with Crippen LogP contribution in [0.4, 0.5) is 0 Å². The molecule has 7 heteroatoms. The quantitative estimate of drug-likeness (QED) is 0.860. The number of sulfone groups is 1. The highest BCUT2D eigenvalue weighted by Crippen LogP contribution is 2.37. The number of hydrogen-bond acceptors (Lipinski definition) is 5. The highest BCUT2D eigenvalue weighted by Gasteiger charge is 2.53. The molecule has 2 aliphatic heterocycles. The lowest BCUT2D eigenvalue weighted by Gasteiger charge is -2.26. The number of hydrogen-bond donors (Lipinski definition) is 1. The van der Waals surface area contributed by atoms with E-state index < -0.39 is 9.84 Å². The maximum atomic E-state index is 12.7. The van der Waals surface area contributed by atoms with Gasteiger partial charge in [0.05, 0.1) is 22.8 Å². The zero-order valence-electron chi connectivity index (χ0n) is 14.9. The summed E-state index contributed by atoms with van der Waals surface area (Å²) < 4.78 is 30.4. The molecule has 0 spiro atoms. The van der Waals surface area contributed by atoms with E-state index >= 15 is 0 Å². The second-order valence-electron chi connectivity index (χ2n) is 7.91. The van der Waals surface area contributed by atoms with Crippen LogP contribution in [0.5, 0.6) is 0 Å². The average Bonchev–Trinajstić information content (AvgIpc) is 3.40. The van der Waals surface area contributed by atoms with E-state index in [1.807, 2.05) is 0 Å². The fourth-order valence-electron chi connectivity index (χ4n) is 4.98. The Morgan fingerprint density at radius 3 is 2.52 bits per heavy atom. The zero-order chi connectivity index (χ0) is 18.6. The molecular weight excluding hydrogens is 364 g/mol. The molecule has 3 aliphatic rings. The highest BCUT2D eigenvalue weighted by molar-refractivity contribution is 7.92. The number of carbonyl (C=O) groups excluding carboxylic acids is 1. The average molecular weight is 386 g/mol. The predicted molar refractivity (Wildman–Crippen MR) is 100 cm³/mol. The summed E-state index contributed by atoms with van der Waals surface area (Å²) in [6, 6.07) is 10.1. The van der Waals surface area contributed by atoms with Crippen LogP contribution in [0.15, 0.2) is 47.3 Å². The normalized spacial score (nSPS) is 29.6. The number of fused-ring (bicyclic) bond motifs is 2. The van der Waals surface area contributed by atoms with Crippen molar-refractivity contribution in [3.63, 3.8) is 0 Å². The number of likely N-dealkylation sites (tertiary alicyclic amines) is 1. The molecule has 1 aromatic heterocycles. The van der Waals surface area contributed by atoms with E-state index in [2.05, 4.69) is 34.5 Å². The van der Waals surface area contributed by atoms with Crippen molar-refractivity contribution in [3.8, 4) is 0 Å². The Bertz CT molecular complexity index is 945. The maximum absolute atomic E-state index is 12.7. The van der Waals surface area contributed by atoms with Gasteiger partial charge in [-0.3, -0.25) is 9.69 Å². The monoisotopic (exact) mass is 386 g/mol. The summed E-state index contributed by atoms with van der Waals surface area (Å²) in [5.41, 5.74) is 3.16. The molecule has 6 nitrogen and oxygen atoms in total. The molecule has 1 amide bonds. The van der Waals surface area contributed by atoms with E-state index in [1.54, 1.807) is 6.07 Å². The van der Waals surface area contributed by atoms with Crippen molar-refractivity contribution in [1.82, 2.24) is 10.2 Å². The first-order chi connectivity index (χ1) is 13.0. The summed E-state index contributed by atoms with van der Waals surface area (Å²) in [6.45, 7) is 1.29. The molecule has 1 N–H and O–H groups in total. The molecule has 2 saturated heterocycles. The number of carbonyl (C=O) groups is 1. The third-order valence-electron chi connectivity index (χ3n) is 6.37. The second kappa shape index (κ2) is 6.21. The Morgan fingerprint density at radius 1 is 1.11 bits per heavy atom. The largest absolute Gasteiger partial charge is 0.472 e. The summed E-state index contributed by atoms with van der Waals surface area (Å²) in [5.74, 6) is -0.282. The highest BCUT2D eigenvalue weighted by atomic mass is 32.2. The summed E-state index contributed by atoms with van der Waals surface area (Å²) >= 11 is 0. The van der Waals surface area contributed by atoms with Gasteiger partial charge in [0, 0.05) is 31.1 Å². The third kappa shape index (κ3) is 2.89. The van der Waals surface area contributed by atoms with Crippen LogP contribution in [0, 0.1) is 5.92 Å². The standard InChI is InChI=1S/C20H22N2O4S/c23-20(15-5-6-26-11-15)21-18-12-27(24,25)19-10-22(9-17(18)19)16-7-13-3-1-2-4-14(13)8-16/h1-6,11,16-19H,7-10,12H2,(H,21,23)/t17-,18+,19-/m0/s1. The lowest BCUT2D eigenvalue weighted by Crippen LogP contribution is -2.43. The van der Waals surface area contributed by atoms with Gasteiger partial charge < -0.3 is 9.73 Å². The molecule has 3 atom stereocenters. The van der Waals surface area contributed by atoms with E-state index in [4.69, 9.17) is 4.42 Å². The molecule has 2 fully saturated rings. The minimum Gasteiger partial charge on any atom is -0.472 e. The molecule has 0 bridgehead atoms. The molecular formula is C20H22N2O4S. The zero-order valence-corrected chi connectivity index (χ0v) is 15.7. The van der Waals surface area contributed by atoms with Gasteiger partial charge in [-0.25, -0.2) is 8.42 Å². The van der Waals surface area contributed by atoms with Gasteiger partial charge in [-0.1, -0.05) is 24.3 Å². The molecule has 0 saturated carbocycles. The van der Waals surface area contributed by atoms with Crippen molar-refractivity contribution >= 4 is 15.7 Å². The topological polar surface area (TPSA) is 79.6 Å². The summed E-state index contributed by atoms with van der Waals surface area (Å²) in [7, 11) is -3.20. The molecule has 2 aromatic rings. The second-order valence-corrected chi connectivity index (χ2v) is 10.2. The van der Waals surface area contributed by atoms with Gasteiger partial charge in [-0.05, 0) is 30.0 Å². The SMILES string of the molecule is O=C(N[C@@H]1CS(=O)(=O)[C@H]2CN(C3Cc4ccccc4C3)C[C@@H]12)c1ccoc1. The van der Waals surface area contributed by atoms with Crippen LogP contribution in [0.3, 0.4) is 0 Å². The number of rotatable bonds is 3. The van der Waals surface area contributed by atoms with Crippen LogP contribution in [0.25, 0.3) is 0 Å². The van der Waals surface area contributed by atoms with Crippen molar-refractivity contribution in [1.29, 1.82) is 0 Å². The molecule has 0 unspecified atom stereocenters. The van der Waals surface area contributed by atoms with Crippen molar-refractivity contribution in [2.45, 2.75) is 30.2 Å². The fourth-order valence-corrected chi connectivity index (χ4v) is 7.28. The van der Waals surface area contributed by atoms with Crippen molar-refractivity contribution < 1.29 is 17.6 Å². The van der Waals surface area contributed by atoms with Gasteiger partial charge >= 0.3 is 0 Å². The van der Waals surface area contributed by atoms with E-state index in [0.717, 1.165) is 19.4 Å². The Labute approximate surface area is 158 Å². The van der Waals surface area contributed by atoms with Crippen molar-refractivity contribution in [2.75, 3.05) is 18.8 Å². The van der Waals surface area contributed by atoms with E-state index in [1.165, 1.54) is 23.7 Å². The number of amides is 1. The van der Waals surface area contributed by atoms with E-state index in [9.17, 15) is 13.2 Å². The maximum Gasteiger partial charge on any atom is 0.254 e. The number of furan rings is 1. The fraction of sp³-hybridized carbons (Fsp3) is 0.450. The van der Waals surface area contributed by atoms with Crippen molar-refractivity contribution in [3.05, 3.63) is 59.5 Å². The first-order valence-electron chi connectivity index (χ1n) is 9.37. The van der Waals surface area contributed by atoms with Gasteiger partial charge in [0.1, 0.15) is 6.26 Å². The first kappa shape index (κ1) is 17.0. The minimum atomic E-state index is -3.20. The van der Waals surface area contributed by atoms with E-state index in [-0.39, 0.29) is 28.9 Å². The Balaban J connectivity index is 1.32. The van der Waals surface area contributed by atoms with E-state index in [0.29, 0.717) is 18.2 Å². The molecule has 5 rings (SSSR count). The Morgan fingerprint density at radius 2 is 1.85 bits per heavy atom. The van der Waals surface area contributed by atoms with Crippen LogP contribution < -0.4 is 5.32 Å². The number of nitrogens with zero attached hydrogens (tertiary/aromatic N) is 1. The predicted octanol–water partition coefficient (Wildman–Crippen LogP) is 1.27. The molecule has 1 aromatic carbocycles. The third-order valence-corrected chi connectivity index (χ3v) is 8.62. The van der Waals surface area contributed by atoms with Gasteiger partial charge in [0.25, 0.3) is 5.91 Å². The smallest absolute Gasteiger partial charge is 0.254 e. The molecule has 27 heavy (non-hydrogen) atoms. The summed E-state index contributed by atoms with van der Waals surface area (Å²) in [5, 5.41) is 2.55. The molecule has 0 radical (unpaired) electrons. The van der Waals surface area contributed by atoms with Gasteiger partial charge in [0.2, 0.25) is 0 Å². The number of benzene rings is 1. The van der Waals surface area contributed by atoms with Crippen LogP contribution >= 0.6 is 0 Å². The lowest BCUT2D eigenvalue weighted by atomic mass is 10.00. The first-order valence-corrected chi connectivity index (χ1v) is 11.1. The van der Waals surface area contributed by atoms with Gasteiger partial charge in [-0.15, -0.1) is 0 Å². The lowest BCUT2D eigenvalue weighted by molar-refractivity contribution is 0.0929. The summed E-state index contributed by atoms with van der Waals surface area (Å²) in [4.78, 5) is 14.7. The van der Waals surface area contributed by atoms with Gasteiger partial charge in [0.15, 0.2) is 9.84 Å². The van der Waals surface area contributed by atoms with Crippen LogP contribution in [0.1, 0.15) is 21.5 Å². The van der Waals surface area contributed by atoms with Crippen LogP contribution in [-0.2, 0) is 22.7 Å². The van der Waals surface area contributed by atoms with Crippen LogP contribution in [0.2, 0.25) is 0 Å². The van der Waals surface area contributed by atoms with Crippen molar-refractivity contribution in [2.24, 2.45) is 5.92 Å². The van der Waals surface area contributed by atoms with Crippen LogP contribution in [-0.4, -0.2) is 55.4 Å². The molecule has 142 valence electrons. The summed E-state index contributed by atoms with van der Waals surface area (Å²) in [6.07, 6.45) is 4.77. The Hall–Kier alpha value is -2.12. The molecule has 1 aliphatic carbocycles. The Kier molecular flexibility index (Phi) is 3.91.